The molecule has 0 aliphatic carbocycles. The molecule has 0 radical (unpaired) electrons. The zero-order chi connectivity index (χ0) is 13.3. The lowest BCUT2D eigenvalue weighted by atomic mass is 9.88. The predicted octanol–water partition coefficient (Wildman–Crippen LogP) is 2.74. The summed E-state index contributed by atoms with van der Waals surface area (Å²) in [6.07, 6.45) is 1.70. The van der Waals surface area contributed by atoms with Crippen LogP contribution in [0.4, 0.5) is 0 Å². The summed E-state index contributed by atoms with van der Waals surface area (Å²) in [6.45, 7) is 4.87. The molecule has 1 saturated heterocycles. The van der Waals surface area contributed by atoms with Gasteiger partial charge in [0, 0.05) is 10.0 Å². The molecule has 1 N–H and O–H groups in total. The van der Waals surface area contributed by atoms with Gasteiger partial charge in [-0.2, -0.15) is 0 Å². The minimum absolute atomic E-state index is 0.00887. The summed E-state index contributed by atoms with van der Waals surface area (Å²) in [7, 11) is 0. The van der Waals surface area contributed by atoms with Crippen molar-refractivity contribution in [3.63, 3.8) is 0 Å². The van der Waals surface area contributed by atoms with E-state index in [-0.39, 0.29) is 5.91 Å². The van der Waals surface area contributed by atoms with Crippen LogP contribution in [-0.2, 0) is 0 Å². The van der Waals surface area contributed by atoms with E-state index in [2.05, 4.69) is 15.9 Å². The topological polar surface area (TPSA) is 40.5 Å². The molecule has 98 valence electrons. The second-order valence-electron chi connectivity index (χ2n) is 5.09. The predicted molar refractivity (Wildman–Crippen MR) is 74.6 cm³/mol. The second-order valence-corrected chi connectivity index (χ2v) is 6.01. The van der Waals surface area contributed by atoms with Crippen molar-refractivity contribution in [2.45, 2.75) is 32.3 Å². The fourth-order valence-electron chi connectivity index (χ4n) is 2.43. The molecule has 1 aliphatic heterocycles. The van der Waals surface area contributed by atoms with Crippen molar-refractivity contribution in [3.8, 4) is 0 Å². The Kier molecular flexibility index (Phi) is 3.78. The average molecular weight is 312 g/mol. The van der Waals surface area contributed by atoms with E-state index < -0.39 is 5.60 Å². The zero-order valence-electron chi connectivity index (χ0n) is 10.7. The van der Waals surface area contributed by atoms with Crippen LogP contribution in [0.3, 0.4) is 0 Å². The number of β-amino-alcohol motifs (C(OH)–C–C–N with tert-alkyl or cyclic N) is 1. The molecular formula is C14H18BrNO2. The summed E-state index contributed by atoms with van der Waals surface area (Å²) in [5, 5.41) is 10.1. The number of carbonyl (C=O) groups is 1. The second kappa shape index (κ2) is 5.02. The minimum atomic E-state index is -0.662. The maximum absolute atomic E-state index is 12.3. The van der Waals surface area contributed by atoms with E-state index in [0.717, 1.165) is 22.9 Å². The van der Waals surface area contributed by atoms with Crippen LogP contribution in [0.2, 0.25) is 0 Å². The molecule has 0 bridgehead atoms. The van der Waals surface area contributed by atoms with Crippen molar-refractivity contribution in [1.29, 1.82) is 0 Å². The Labute approximate surface area is 116 Å². The Balaban J connectivity index is 2.08. The lowest BCUT2D eigenvalue weighted by Gasteiger charge is -2.46. The van der Waals surface area contributed by atoms with Gasteiger partial charge in [0.05, 0.1) is 18.7 Å². The van der Waals surface area contributed by atoms with Crippen molar-refractivity contribution in [2.24, 2.45) is 0 Å². The molecule has 1 heterocycles. The highest BCUT2D eigenvalue weighted by Gasteiger charge is 2.43. The summed E-state index contributed by atoms with van der Waals surface area (Å²) in [6, 6.07) is 5.69. The number of hydrogen-bond acceptors (Lipinski definition) is 2. The first kappa shape index (κ1) is 13.6. The highest BCUT2D eigenvalue weighted by atomic mass is 79.9. The van der Waals surface area contributed by atoms with Crippen molar-refractivity contribution in [1.82, 2.24) is 4.90 Å². The third-order valence-electron chi connectivity index (χ3n) is 3.40. The molecule has 4 heteroatoms. The molecule has 1 aromatic carbocycles. The third-order valence-corrected chi connectivity index (χ3v) is 3.90. The van der Waals surface area contributed by atoms with E-state index >= 15 is 0 Å². The molecule has 0 saturated carbocycles. The molecule has 0 unspecified atom stereocenters. The van der Waals surface area contributed by atoms with E-state index in [1.54, 1.807) is 4.90 Å². The lowest BCUT2D eigenvalue weighted by molar-refractivity contribution is -0.0860. The number of amides is 1. The molecule has 0 atom stereocenters. The fourth-order valence-corrected chi connectivity index (χ4v) is 2.79. The van der Waals surface area contributed by atoms with Crippen molar-refractivity contribution >= 4 is 21.8 Å². The van der Waals surface area contributed by atoms with Crippen LogP contribution >= 0.6 is 15.9 Å². The first-order valence-corrected chi connectivity index (χ1v) is 7.02. The maximum atomic E-state index is 12.3. The van der Waals surface area contributed by atoms with Gasteiger partial charge in [-0.1, -0.05) is 35.3 Å². The van der Waals surface area contributed by atoms with Gasteiger partial charge in [0.15, 0.2) is 0 Å². The van der Waals surface area contributed by atoms with Crippen LogP contribution in [0, 0.1) is 6.92 Å². The standard InChI is InChI=1S/C14H18BrNO2/c1-3-6-14(18)8-16(9-14)13(17)12-7-11(15)5-4-10(12)2/h4-5,7,18H,3,6,8-9H2,1-2H3. The molecule has 1 aromatic rings. The SMILES string of the molecule is CCCC1(O)CN(C(=O)c2cc(Br)ccc2C)C1. The van der Waals surface area contributed by atoms with Crippen LogP contribution < -0.4 is 0 Å². The van der Waals surface area contributed by atoms with Gasteiger partial charge in [-0.15, -0.1) is 0 Å². The van der Waals surface area contributed by atoms with Crippen molar-refractivity contribution in [3.05, 3.63) is 33.8 Å². The van der Waals surface area contributed by atoms with E-state index in [1.165, 1.54) is 0 Å². The lowest BCUT2D eigenvalue weighted by Crippen LogP contribution is -2.63. The maximum Gasteiger partial charge on any atom is 0.254 e. The molecule has 1 amide bonds. The van der Waals surface area contributed by atoms with E-state index in [0.29, 0.717) is 18.7 Å². The molecule has 3 nitrogen and oxygen atoms in total. The largest absolute Gasteiger partial charge is 0.386 e. The Morgan fingerprint density at radius 3 is 2.78 bits per heavy atom. The van der Waals surface area contributed by atoms with Gasteiger partial charge in [-0.25, -0.2) is 0 Å². The molecule has 0 aromatic heterocycles. The summed E-state index contributed by atoms with van der Waals surface area (Å²) in [4.78, 5) is 14.0. The quantitative estimate of drug-likeness (QED) is 0.932. The number of aliphatic hydroxyl groups is 1. The van der Waals surface area contributed by atoms with Crippen LogP contribution in [0.25, 0.3) is 0 Å². The molecular weight excluding hydrogens is 294 g/mol. The Morgan fingerprint density at radius 1 is 1.50 bits per heavy atom. The summed E-state index contributed by atoms with van der Waals surface area (Å²) in [5.74, 6) is 0.00887. The van der Waals surface area contributed by atoms with Crippen LogP contribution in [0.1, 0.15) is 35.7 Å². The summed E-state index contributed by atoms with van der Waals surface area (Å²) < 4.78 is 0.904. The molecule has 1 aliphatic rings. The van der Waals surface area contributed by atoms with Gasteiger partial charge in [-0.3, -0.25) is 4.79 Å². The number of nitrogens with zero attached hydrogens (tertiary/aromatic N) is 1. The van der Waals surface area contributed by atoms with Crippen LogP contribution in [0.5, 0.6) is 0 Å². The third kappa shape index (κ3) is 2.59. The Morgan fingerprint density at radius 2 is 2.17 bits per heavy atom. The van der Waals surface area contributed by atoms with Gasteiger partial charge in [0.2, 0.25) is 0 Å². The van der Waals surface area contributed by atoms with Crippen molar-refractivity contribution in [2.75, 3.05) is 13.1 Å². The number of likely N-dealkylation sites (tertiary alicyclic amines) is 1. The highest BCUT2D eigenvalue weighted by Crippen LogP contribution is 2.28. The van der Waals surface area contributed by atoms with E-state index in [4.69, 9.17) is 0 Å². The van der Waals surface area contributed by atoms with Crippen LogP contribution in [0.15, 0.2) is 22.7 Å². The number of benzene rings is 1. The summed E-state index contributed by atoms with van der Waals surface area (Å²) >= 11 is 3.38. The first-order valence-electron chi connectivity index (χ1n) is 6.23. The molecule has 0 spiro atoms. The van der Waals surface area contributed by atoms with Gasteiger partial charge in [0.25, 0.3) is 5.91 Å². The normalized spacial score (nSPS) is 17.4. The zero-order valence-corrected chi connectivity index (χ0v) is 12.3. The van der Waals surface area contributed by atoms with Gasteiger partial charge >= 0.3 is 0 Å². The average Bonchev–Trinajstić information content (AvgIpc) is 2.28. The van der Waals surface area contributed by atoms with Gasteiger partial charge in [0.1, 0.15) is 0 Å². The van der Waals surface area contributed by atoms with Crippen molar-refractivity contribution < 1.29 is 9.90 Å². The number of rotatable bonds is 3. The molecule has 18 heavy (non-hydrogen) atoms. The smallest absolute Gasteiger partial charge is 0.254 e. The molecule has 1 fully saturated rings. The first-order chi connectivity index (χ1) is 8.45. The number of halogens is 1. The number of hydrogen-bond donors (Lipinski definition) is 1. The van der Waals surface area contributed by atoms with E-state index in [1.807, 2.05) is 32.0 Å². The Hall–Kier alpha value is -0.870. The number of carbonyl (C=O) groups excluding carboxylic acids is 1. The van der Waals surface area contributed by atoms with E-state index in [9.17, 15) is 9.90 Å². The minimum Gasteiger partial charge on any atom is -0.386 e. The molecule has 2 rings (SSSR count). The van der Waals surface area contributed by atoms with Gasteiger partial charge in [-0.05, 0) is 31.0 Å². The Bertz CT molecular complexity index is 467. The number of aryl methyl sites for hydroxylation is 1. The van der Waals surface area contributed by atoms with Gasteiger partial charge < -0.3 is 10.0 Å². The summed E-state index contributed by atoms with van der Waals surface area (Å²) in [5.41, 5.74) is 1.02. The monoisotopic (exact) mass is 311 g/mol. The highest BCUT2D eigenvalue weighted by molar-refractivity contribution is 9.10. The fraction of sp³-hybridized carbons (Fsp3) is 0.500. The van der Waals surface area contributed by atoms with Crippen LogP contribution in [-0.4, -0.2) is 34.6 Å².